The van der Waals surface area contributed by atoms with Gasteiger partial charge in [0.15, 0.2) is 6.29 Å². The zero-order valence-electron chi connectivity index (χ0n) is 20.9. The summed E-state index contributed by atoms with van der Waals surface area (Å²) >= 11 is 6.78. The molecule has 11 atom stereocenters. The van der Waals surface area contributed by atoms with Gasteiger partial charge in [-0.3, -0.25) is 4.79 Å². The molecule has 6 rings (SSSR count). The summed E-state index contributed by atoms with van der Waals surface area (Å²) < 4.78 is 18.3. The number of carbonyl (C=O) groups is 2. The zero-order valence-corrected chi connectivity index (χ0v) is 21.6. The van der Waals surface area contributed by atoms with Crippen LogP contribution in [0.2, 0.25) is 0 Å². The molecule has 0 aromatic carbocycles. The molecular formula is C28H37ClO6. The van der Waals surface area contributed by atoms with Crippen LogP contribution < -0.4 is 0 Å². The number of hydrogen-bond donors (Lipinski definition) is 1. The van der Waals surface area contributed by atoms with Crippen molar-refractivity contribution in [3.8, 4) is 0 Å². The first kappa shape index (κ1) is 24.0. The van der Waals surface area contributed by atoms with Crippen molar-refractivity contribution in [1.82, 2.24) is 0 Å². The number of halogens is 1. The van der Waals surface area contributed by atoms with E-state index >= 15 is 0 Å². The minimum Gasteiger partial charge on any atom is -0.481 e. The van der Waals surface area contributed by atoms with Gasteiger partial charge in [0.05, 0.1) is 12.0 Å². The molecule has 2 heterocycles. The van der Waals surface area contributed by atoms with Crippen LogP contribution in [-0.2, 0) is 23.8 Å². The summed E-state index contributed by atoms with van der Waals surface area (Å²) in [4.78, 5) is 26.7. The summed E-state index contributed by atoms with van der Waals surface area (Å²) in [7, 11) is 0. The fourth-order valence-corrected chi connectivity index (χ4v) is 10.1. The third-order valence-electron chi connectivity index (χ3n) is 11.0. The largest absolute Gasteiger partial charge is 0.481 e. The third kappa shape index (κ3) is 2.74. The van der Waals surface area contributed by atoms with Crippen molar-refractivity contribution in [1.29, 1.82) is 0 Å². The van der Waals surface area contributed by atoms with Crippen LogP contribution in [0.3, 0.4) is 0 Å². The molecule has 4 aliphatic carbocycles. The quantitative estimate of drug-likeness (QED) is 0.317. The van der Waals surface area contributed by atoms with Crippen molar-refractivity contribution in [2.45, 2.75) is 70.6 Å². The number of aldehydes is 1. The van der Waals surface area contributed by atoms with Gasteiger partial charge in [0.25, 0.3) is 0 Å². The number of allylic oxidation sites excluding steroid dienone is 1. The molecule has 1 N–H and O–H groups in total. The van der Waals surface area contributed by atoms with Crippen LogP contribution in [0.15, 0.2) is 24.0 Å². The van der Waals surface area contributed by atoms with E-state index in [1.54, 1.807) is 0 Å². The molecule has 0 spiro atoms. The molecule has 35 heavy (non-hydrogen) atoms. The summed E-state index contributed by atoms with van der Waals surface area (Å²) in [6.07, 6.45) is 6.29. The van der Waals surface area contributed by atoms with Crippen molar-refractivity contribution < 1.29 is 28.9 Å². The van der Waals surface area contributed by atoms with Gasteiger partial charge in [-0.2, -0.15) is 0 Å². The van der Waals surface area contributed by atoms with Gasteiger partial charge in [0, 0.05) is 29.7 Å². The van der Waals surface area contributed by atoms with E-state index in [1.165, 1.54) is 0 Å². The second-order valence-electron chi connectivity index (χ2n) is 12.4. The number of fused-ring (bicyclic) bond motifs is 3. The molecule has 192 valence electrons. The fraction of sp³-hybridized carbons (Fsp3) is 0.786. The lowest BCUT2D eigenvalue weighted by atomic mass is 9.43. The molecule has 2 aliphatic heterocycles. The van der Waals surface area contributed by atoms with Gasteiger partial charge in [-0.05, 0) is 55.3 Å². The number of carboxylic acids is 1. The number of alkyl halides is 1. The second-order valence-corrected chi connectivity index (χ2v) is 13.0. The van der Waals surface area contributed by atoms with E-state index in [4.69, 9.17) is 25.8 Å². The number of carboxylic acid groups (broad SMARTS) is 1. The van der Waals surface area contributed by atoms with Crippen LogP contribution in [0.25, 0.3) is 0 Å². The molecule has 7 unspecified atom stereocenters. The molecular weight excluding hydrogens is 468 g/mol. The standard InChI is InChI=1S/C28H37ClO6/c1-14(2)20-8-18-10-26(12-30)21-9-22(29)15(3)19(21)11-27(18,28(20,26)25(31)32)13-34-23-7-17-5-6-33-24(17)16(4)35-23/h8,12,14-15,17-19,21-24H,4-7,9-11,13H2,1-3H3,(H,31,32)/t15?,17?,18-,19?,21?,22?,23?,24?,26-,27-,28-/m0/s1. The highest BCUT2D eigenvalue weighted by Gasteiger charge is 2.84. The molecule has 6 aliphatic rings. The molecule has 7 heteroatoms. The van der Waals surface area contributed by atoms with E-state index in [2.05, 4.69) is 19.6 Å². The van der Waals surface area contributed by atoms with Gasteiger partial charge in [0.1, 0.15) is 23.6 Å². The summed E-state index contributed by atoms with van der Waals surface area (Å²) in [6, 6.07) is 0. The highest BCUT2D eigenvalue weighted by molar-refractivity contribution is 6.21. The maximum atomic E-state index is 13.5. The first-order valence-corrected chi connectivity index (χ1v) is 13.7. The average Bonchev–Trinajstić information content (AvgIpc) is 3.52. The Morgan fingerprint density at radius 1 is 1.37 bits per heavy atom. The molecule has 0 amide bonds. The Bertz CT molecular complexity index is 992. The molecule has 4 bridgehead atoms. The number of rotatable bonds is 6. The van der Waals surface area contributed by atoms with E-state index in [1.807, 2.05) is 13.8 Å². The highest BCUT2D eigenvalue weighted by atomic mass is 35.5. The number of hydrogen-bond acceptors (Lipinski definition) is 5. The summed E-state index contributed by atoms with van der Waals surface area (Å²) in [5.41, 5.74) is -2.01. The van der Waals surface area contributed by atoms with Crippen molar-refractivity contribution in [2.75, 3.05) is 13.2 Å². The molecule has 0 aromatic heterocycles. The lowest BCUT2D eigenvalue weighted by molar-refractivity contribution is -0.214. The van der Waals surface area contributed by atoms with Crippen molar-refractivity contribution in [3.05, 3.63) is 24.0 Å². The minimum atomic E-state index is -1.27. The van der Waals surface area contributed by atoms with Crippen LogP contribution in [-0.4, -0.2) is 48.3 Å². The number of aliphatic carboxylic acids is 1. The van der Waals surface area contributed by atoms with Gasteiger partial charge in [-0.15, -0.1) is 11.6 Å². The van der Waals surface area contributed by atoms with E-state index in [-0.39, 0.29) is 47.7 Å². The molecule has 0 radical (unpaired) electrons. The van der Waals surface area contributed by atoms with E-state index < -0.39 is 28.5 Å². The average molecular weight is 505 g/mol. The Labute approximate surface area is 212 Å². The summed E-state index contributed by atoms with van der Waals surface area (Å²) in [5.74, 6) is 0.471. The van der Waals surface area contributed by atoms with Gasteiger partial charge in [-0.1, -0.05) is 39.0 Å². The van der Waals surface area contributed by atoms with Crippen molar-refractivity contribution >= 4 is 23.9 Å². The Morgan fingerprint density at radius 2 is 2.14 bits per heavy atom. The predicted molar refractivity (Wildman–Crippen MR) is 129 cm³/mol. The Kier molecular flexibility index (Phi) is 5.36. The molecule has 3 saturated carbocycles. The van der Waals surface area contributed by atoms with Crippen molar-refractivity contribution in [2.24, 2.45) is 51.8 Å². The van der Waals surface area contributed by atoms with E-state index in [0.29, 0.717) is 44.0 Å². The first-order chi connectivity index (χ1) is 16.6. The van der Waals surface area contributed by atoms with E-state index in [0.717, 1.165) is 18.3 Å². The van der Waals surface area contributed by atoms with Gasteiger partial charge >= 0.3 is 5.97 Å². The first-order valence-electron chi connectivity index (χ1n) is 13.3. The number of ether oxygens (including phenoxy) is 3. The van der Waals surface area contributed by atoms with Crippen LogP contribution in [0.1, 0.15) is 52.9 Å². The highest BCUT2D eigenvalue weighted by Crippen LogP contribution is 2.82. The minimum absolute atomic E-state index is 0.0119. The topological polar surface area (TPSA) is 82.1 Å². The molecule has 5 fully saturated rings. The SMILES string of the molecule is C=C1OC(OC[C@@]23CC4C(C)C(Cl)CC4[C@@]4(C=O)C[C@@H]2C=C(C(C)C)[C@@]34C(=O)O)CC2CCOC12. The molecule has 6 nitrogen and oxygen atoms in total. The van der Waals surface area contributed by atoms with Gasteiger partial charge < -0.3 is 24.1 Å². The Morgan fingerprint density at radius 3 is 2.83 bits per heavy atom. The van der Waals surface area contributed by atoms with Gasteiger partial charge in [0.2, 0.25) is 0 Å². The smallest absolute Gasteiger partial charge is 0.315 e. The van der Waals surface area contributed by atoms with Crippen LogP contribution >= 0.6 is 11.6 Å². The molecule has 0 aromatic rings. The monoisotopic (exact) mass is 504 g/mol. The van der Waals surface area contributed by atoms with Crippen molar-refractivity contribution in [3.63, 3.8) is 0 Å². The van der Waals surface area contributed by atoms with Crippen LogP contribution in [0, 0.1) is 51.8 Å². The maximum absolute atomic E-state index is 13.5. The normalized spacial score (nSPS) is 51.7. The van der Waals surface area contributed by atoms with E-state index in [9.17, 15) is 14.7 Å². The zero-order chi connectivity index (χ0) is 24.9. The number of carbonyl (C=O) groups excluding carboxylic acids is 1. The fourth-order valence-electron chi connectivity index (χ4n) is 9.68. The van der Waals surface area contributed by atoms with Gasteiger partial charge in [-0.25, -0.2) is 0 Å². The summed E-state index contributed by atoms with van der Waals surface area (Å²) in [6.45, 7) is 11.3. The maximum Gasteiger partial charge on any atom is 0.315 e. The second kappa shape index (κ2) is 7.82. The Hall–Kier alpha value is -1.37. The summed E-state index contributed by atoms with van der Waals surface area (Å²) in [5, 5.41) is 11.0. The molecule has 2 saturated heterocycles. The Balaban J connectivity index is 1.41. The third-order valence-corrected chi connectivity index (χ3v) is 11.6. The lowest BCUT2D eigenvalue weighted by Crippen LogP contribution is -2.63. The van der Waals surface area contributed by atoms with Crippen LogP contribution in [0.5, 0.6) is 0 Å². The lowest BCUT2D eigenvalue weighted by Gasteiger charge is -2.58. The predicted octanol–water partition coefficient (Wildman–Crippen LogP) is 4.81. The van der Waals surface area contributed by atoms with Crippen LogP contribution in [0.4, 0.5) is 0 Å².